The van der Waals surface area contributed by atoms with Gasteiger partial charge in [0, 0.05) is 43.5 Å². The highest BCUT2D eigenvalue weighted by molar-refractivity contribution is 6.31. The Morgan fingerprint density at radius 1 is 1.40 bits per heavy atom. The maximum atomic E-state index is 6.38. The standard InChI is InChI=1S/C15H23ClN2O2/c1-12(11-19-2)17-14-4-3-13(15(16)9-14)10-18-5-7-20-8-6-18/h3-4,9,12,17H,5-8,10-11H2,1-2H3/t12-/m1/s1. The van der Waals surface area contributed by atoms with Gasteiger partial charge in [0.15, 0.2) is 0 Å². The van der Waals surface area contributed by atoms with Crippen LogP contribution >= 0.6 is 11.6 Å². The summed E-state index contributed by atoms with van der Waals surface area (Å²) >= 11 is 6.38. The first-order valence-electron chi connectivity index (χ1n) is 7.03. The molecule has 1 aromatic carbocycles. The minimum atomic E-state index is 0.265. The van der Waals surface area contributed by atoms with Crippen molar-refractivity contribution < 1.29 is 9.47 Å². The van der Waals surface area contributed by atoms with Crippen LogP contribution in [0.15, 0.2) is 18.2 Å². The van der Waals surface area contributed by atoms with Crippen LogP contribution in [-0.4, -0.2) is 51.0 Å². The number of nitrogens with zero attached hydrogens (tertiary/aromatic N) is 1. The van der Waals surface area contributed by atoms with Gasteiger partial charge in [-0.25, -0.2) is 0 Å². The largest absolute Gasteiger partial charge is 0.383 e. The van der Waals surface area contributed by atoms with Crippen molar-refractivity contribution in [1.82, 2.24) is 4.90 Å². The monoisotopic (exact) mass is 298 g/mol. The number of benzene rings is 1. The first kappa shape index (κ1) is 15.6. The highest BCUT2D eigenvalue weighted by Gasteiger charge is 2.13. The van der Waals surface area contributed by atoms with Crippen molar-refractivity contribution in [3.8, 4) is 0 Å². The van der Waals surface area contributed by atoms with Gasteiger partial charge in [0.2, 0.25) is 0 Å². The third-order valence-electron chi connectivity index (χ3n) is 3.38. The van der Waals surface area contributed by atoms with Crippen molar-refractivity contribution in [2.24, 2.45) is 0 Å². The van der Waals surface area contributed by atoms with Crippen molar-refractivity contribution in [2.75, 3.05) is 45.3 Å². The summed E-state index contributed by atoms with van der Waals surface area (Å²) in [5.74, 6) is 0. The summed E-state index contributed by atoms with van der Waals surface area (Å²) in [7, 11) is 1.70. The van der Waals surface area contributed by atoms with Gasteiger partial charge in [-0.2, -0.15) is 0 Å². The molecule has 1 atom stereocenters. The van der Waals surface area contributed by atoms with Crippen molar-refractivity contribution in [1.29, 1.82) is 0 Å². The molecule has 0 saturated carbocycles. The lowest BCUT2D eigenvalue weighted by Gasteiger charge is -2.27. The van der Waals surface area contributed by atoms with Crippen LogP contribution in [-0.2, 0) is 16.0 Å². The highest BCUT2D eigenvalue weighted by atomic mass is 35.5. The molecule has 20 heavy (non-hydrogen) atoms. The molecule has 0 aliphatic carbocycles. The summed E-state index contributed by atoms with van der Waals surface area (Å²) in [6.45, 7) is 7.21. The Bertz CT molecular complexity index is 422. The van der Waals surface area contributed by atoms with Crippen LogP contribution < -0.4 is 5.32 Å². The third-order valence-corrected chi connectivity index (χ3v) is 3.73. The molecule has 1 fully saturated rings. The van der Waals surface area contributed by atoms with Crippen LogP contribution in [0.3, 0.4) is 0 Å². The molecule has 112 valence electrons. The molecule has 0 amide bonds. The molecule has 1 heterocycles. The van der Waals surface area contributed by atoms with Crippen molar-refractivity contribution in [3.63, 3.8) is 0 Å². The molecule has 1 saturated heterocycles. The molecule has 0 aromatic heterocycles. The number of halogens is 1. The third kappa shape index (κ3) is 4.63. The average Bonchev–Trinajstić information content (AvgIpc) is 2.43. The number of methoxy groups -OCH3 is 1. The lowest BCUT2D eigenvalue weighted by molar-refractivity contribution is 0.0342. The van der Waals surface area contributed by atoms with Crippen LogP contribution in [0.5, 0.6) is 0 Å². The lowest BCUT2D eigenvalue weighted by Crippen LogP contribution is -2.35. The fourth-order valence-electron chi connectivity index (χ4n) is 2.34. The van der Waals surface area contributed by atoms with E-state index in [2.05, 4.69) is 29.3 Å². The molecule has 4 nitrogen and oxygen atoms in total. The SMILES string of the molecule is COC[C@@H](C)Nc1ccc(CN2CCOCC2)c(Cl)c1. The van der Waals surface area contributed by atoms with Crippen LogP contribution in [0.1, 0.15) is 12.5 Å². The van der Waals surface area contributed by atoms with E-state index in [1.54, 1.807) is 7.11 Å². The van der Waals surface area contributed by atoms with Crippen molar-refractivity contribution >= 4 is 17.3 Å². The second kappa shape index (κ2) is 7.84. The zero-order valence-corrected chi connectivity index (χ0v) is 12.9. The Hall–Kier alpha value is -0.810. The maximum Gasteiger partial charge on any atom is 0.0661 e. The molecule has 1 aliphatic rings. The Labute approximate surface area is 126 Å². The number of rotatable bonds is 6. The zero-order valence-electron chi connectivity index (χ0n) is 12.2. The Balaban J connectivity index is 1.94. The molecule has 0 spiro atoms. The normalized spacial score (nSPS) is 17.9. The fourth-order valence-corrected chi connectivity index (χ4v) is 2.58. The number of morpholine rings is 1. The number of hydrogen-bond acceptors (Lipinski definition) is 4. The van der Waals surface area contributed by atoms with Gasteiger partial charge in [-0.1, -0.05) is 17.7 Å². The molecule has 1 N–H and O–H groups in total. The minimum Gasteiger partial charge on any atom is -0.383 e. The maximum absolute atomic E-state index is 6.38. The van der Waals surface area contributed by atoms with Gasteiger partial charge in [-0.15, -0.1) is 0 Å². The van der Waals surface area contributed by atoms with E-state index < -0.39 is 0 Å². The Morgan fingerprint density at radius 2 is 2.15 bits per heavy atom. The fraction of sp³-hybridized carbons (Fsp3) is 0.600. The van der Waals surface area contributed by atoms with E-state index in [1.165, 1.54) is 5.56 Å². The van der Waals surface area contributed by atoms with E-state index >= 15 is 0 Å². The van der Waals surface area contributed by atoms with Crippen LogP contribution in [0.4, 0.5) is 5.69 Å². The predicted molar refractivity (Wildman–Crippen MR) is 82.5 cm³/mol. The number of ether oxygens (including phenoxy) is 2. The van der Waals surface area contributed by atoms with Crippen molar-refractivity contribution in [3.05, 3.63) is 28.8 Å². The topological polar surface area (TPSA) is 33.7 Å². The Kier molecular flexibility index (Phi) is 6.10. The van der Waals surface area contributed by atoms with Gasteiger partial charge in [-0.05, 0) is 24.6 Å². The van der Waals surface area contributed by atoms with Gasteiger partial charge >= 0.3 is 0 Å². The molecule has 0 radical (unpaired) electrons. The molecule has 5 heteroatoms. The van der Waals surface area contributed by atoms with Gasteiger partial charge < -0.3 is 14.8 Å². The van der Waals surface area contributed by atoms with Gasteiger partial charge in [0.1, 0.15) is 0 Å². The van der Waals surface area contributed by atoms with Gasteiger partial charge in [0.05, 0.1) is 19.8 Å². The molecule has 2 rings (SSSR count). The quantitative estimate of drug-likeness (QED) is 0.875. The van der Waals surface area contributed by atoms with E-state index in [-0.39, 0.29) is 6.04 Å². The summed E-state index contributed by atoms with van der Waals surface area (Å²) in [4.78, 5) is 2.37. The predicted octanol–water partition coefficient (Wildman–Crippen LogP) is 2.62. The molecule has 1 aromatic rings. The molecule has 0 unspecified atom stereocenters. The van der Waals surface area contributed by atoms with E-state index in [0.717, 1.165) is 43.6 Å². The second-order valence-electron chi connectivity index (χ2n) is 5.20. The summed E-state index contributed by atoms with van der Waals surface area (Å²) in [6.07, 6.45) is 0. The van der Waals surface area contributed by atoms with E-state index in [0.29, 0.717) is 6.61 Å². The summed E-state index contributed by atoms with van der Waals surface area (Å²) in [6, 6.07) is 6.43. The number of hydrogen-bond donors (Lipinski definition) is 1. The van der Waals surface area contributed by atoms with E-state index in [9.17, 15) is 0 Å². The van der Waals surface area contributed by atoms with Crippen molar-refractivity contribution in [2.45, 2.75) is 19.5 Å². The smallest absolute Gasteiger partial charge is 0.0661 e. The first-order valence-corrected chi connectivity index (χ1v) is 7.41. The first-order chi connectivity index (χ1) is 9.69. The Morgan fingerprint density at radius 3 is 2.80 bits per heavy atom. The average molecular weight is 299 g/mol. The molecule has 1 aliphatic heterocycles. The minimum absolute atomic E-state index is 0.265. The molecular weight excluding hydrogens is 276 g/mol. The lowest BCUT2D eigenvalue weighted by atomic mass is 10.1. The number of nitrogens with one attached hydrogen (secondary N) is 1. The van der Waals surface area contributed by atoms with Gasteiger partial charge in [-0.3, -0.25) is 4.90 Å². The number of anilines is 1. The van der Waals surface area contributed by atoms with Gasteiger partial charge in [0.25, 0.3) is 0 Å². The molecule has 0 bridgehead atoms. The second-order valence-corrected chi connectivity index (χ2v) is 5.60. The summed E-state index contributed by atoms with van der Waals surface area (Å²) in [5, 5.41) is 4.18. The summed E-state index contributed by atoms with van der Waals surface area (Å²) < 4.78 is 10.5. The molecular formula is C15H23ClN2O2. The highest BCUT2D eigenvalue weighted by Crippen LogP contribution is 2.23. The van der Waals surface area contributed by atoms with Crippen LogP contribution in [0.25, 0.3) is 0 Å². The van der Waals surface area contributed by atoms with Crippen LogP contribution in [0.2, 0.25) is 5.02 Å². The summed E-state index contributed by atoms with van der Waals surface area (Å²) in [5.41, 5.74) is 2.20. The zero-order chi connectivity index (χ0) is 14.4. The van der Waals surface area contributed by atoms with E-state index in [1.807, 2.05) is 6.07 Å². The van der Waals surface area contributed by atoms with E-state index in [4.69, 9.17) is 21.1 Å². The van der Waals surface area contributed by atoms with Crippen LogP contribution in [0, 0.1) is 0 Å².